The summed E-state index contributed by atoms with van der Waals surface area (Å²) in [5, 5.41) is 0. The minimum Gasteiger partial charge on any atom is -0.497 e. The van der Waals surface area contributed by atoms with Gasteiger partial charge in [0.25, 0.3) is 0 Å². The number of ketones is 1. The topological polar surface area (TPSA) is 29.5 Å². The maximum absolute atomic E-state index is 11.7. The molecule has 2 heterocycles. The van der Waals surface area contributed by atoms with E-state index in [4.69, 9.17) is 4.74 Å². The molecule has 1 aliphatic carbocycles. The molecule has 1 aromatic carbocycles. The van der Waals surface area contributed by atoms with Crippen molar-refractivity contribution in [3.63, 3.8) is 0 Å². The zero-order valence-corrected chi connectivity index (χ0v) is 10.1. The predicted octanol–water partition coefficient (Wildman–Crippen LogP) is 2.25. The van der Waals surface area contributed by atoms with Gasteiger partial charge in [0.15, 0.2) is 0 Å². The van der Waals surface area contributed by atoms with Gasteiger partial charge >= 0.3 is 0 Å². The van der Waals surface area contributed by atoms with Crippen LogP contribution in [-0.4, -0.2) is 25.5 Å². The molecule has 0 N–H and O–H groups in total. The fourth-order valence-electron chi connectivity index (χ4n) is 2.99. The highest BCUT2D eigenvalue weighted by Crippen LogP contribution is 2.36. The third kappa shape index (κ3) is 1.79. The number of fused-ring (bicyclic) bond motifs is 3. The molecule has 1 saturated carbocycles. The van der Waals surface area contributed by atoms with Crippen LogP contribution in [0.2, 0.25) is 0 Å². The van der Waals surface area contributed by atoms with Gasteiger partial charge in [0.05, 0.1) is 7.11 Å². The third-order valence-electron chi connectivity index (χ3n) is 4.00. The molecule has 0 radical (unpaired) electrons. The number of nitrogens with zero attached hydrogens (tertiary/aromatic N) is 1. The Labute approximate surface area is 101 Å². The first-order valence-electron chi connectivity index (χ1n) is 6.21. The highest BCUT2D eigenvalue weighted by molar-refractivity contribution is 5.85. The van der Waals surface area contributed by atoms with Gasteiger partial charge in [-0.1, -0.05) is 0 Å². The molecule has 3 nitrogen and oxygen atoms in total. The number of hydrogen-bond donors (Lipinski definition) is 0. The van der Waals surface area contributed by atoms with Crippen molar-refractivity contribution < 1.29 is 9.53 Å². The van der Waals surface area contributed by atoms with Crippen LogP contribution in [0.1, 0.15) is 19.3 Å². The summed E-state index contributed by atoms with van der Waals surface area (Å²) >= 11 is 0. The summed E-state index contributed by atoms with van der Waals surface area (Å²) < 4.78 is 5.16. The summed E-state index contributed by atoms with van der Waals surface area (Å²) in [7, 11) is 1.68. The Morgan fingerprint density at radius 1 is 1.24 bits per heavy atom. The molecule has 0 aromatic heterocycles. The molecule has 3 heteroatoms. The quantitative estimate of drug-likeness (QED) is 0.782. The summed E-state index contributed by atoms with van der Waals surface area (Å²) in [5.74, 6) is 1.61. The van der Waals surface area contributed by atoms with Gasteiger partial charge in [-0.2, -0.15) is 0 Å². The number of methoxy groups -OCH3 is 1. The molecule has 1 aromatic rings. The molecule has 3 aliphatic rings. The summed E-state index contributed by atoms with van der Waals surface area (Å²) in [6.07, 6.45) is 2.97. The molecule has 2 atom stereocenters. The number of Topliss-reactive ketones (excluding diaryl/α,β-unsaturated/α-hetero) is 1. The van der Waals surface area contributed by atoms with Gasteiger partial charge in [0, 0.05) is 30.6 Å². The third-order valence-corrected chi connectivity index (χ3v) is 4.00. The van der Waals surface area contributed by atoms with Crippen LogP contribution in [0.15, 0.2) is 24.3 Å². The SMILES string of the molecule is COc1ccc(N2C[C@@H]3CC[C@H]2CC3=O)cc1. The number of carbonyl (C=O) groups excluding carboxylic acids is 1. The second-order valence-electron chi connectivity index (χ2n) is 4.95. The van der Waals surface area contributed by atoms with Crippen molar-refractivity contribution in [3.05, 3.63) is 24.3 Å². The summed E-state index contributed by atoms with van der Waals surface area (Å²) in [4.78, 5) is 14.1. The number of piperidine rings is 2. The molecule has 90 valence electrons. The molecule has 0 amide bonds. The molecular weight excluding hydrogens is 214 g/mol. The van der Waals surface area contributed by atoms with Crippen molar-refractivity contribution >= 4 is 11.5 Å². The normalized spacial score (nSPS) is 27.4. The lowest BCUT2D eigenvalue weighted by atomic mass is 9.78. The van der Waals surface area contributed by atoms with E-state index in [9.17, 15) is 4.79 Å². The molecule has 3 fully saturated rings. The van der Waals surface area contributed by atoms with E-state index < -0.39 is 0 Å². The van der Waals surface area contributed by atoms with E-state index in [0.717, 1.165) is 31.6 Å². The van der Waals surface area contributed by atoms with Crippen LogP contribution in [0.25, 0.3) is 0 Å². The van der Waals surface area contributed by atoms with E-state index in [0.29, 0.717) is 11.8 Å². The second kappa shape index (κ2) is 4.06. The Bertz CT molecular complexity index is 426. The number of rotatable bonds is 2. The lowest BCUT2D eigenvalue weighted by molar-refractivity contribution is -0.126. The van der Waals surface area contributed by atoms with Gasteiger partial charge in [-0.15, -0.1) is 0 Å². The molecule has 2 bridgehead atoms. The lowest BCUT2D eigenvalue weighted by Crippen LogP contribution is -2.52. The van der Waals surface area contributed by atoms with E-state index in [1.165, 1.54) is 5.69 Å². The molecule has 0 spiro atoms. The average molecular weight is 231 g/mol. The fourth-order valence-corrected chi connectivity index (χ4v) is 2.99. The lowest BCUT2D eigenvalue weighted by Gasteiger charge is -2.45. The summed E-state index contributed by atoms with van der Waals surface area (Å²) in [6.45, 7) is 0.899. The van der Waals surface area contributed by atoms with Gasteiger partial charge in [0.1, 0.15) is 11.5 Å². The highest BCUT2D eigenvalue weighted by Gasteiger charge is 2.39. The van der Waals surface area contributed by atoms with E-state index in [1.54, 1.807) is 7.11 Å². The Balaban J connectivity index is 1.82. The van der Waals surface area contributed by atoms with Gasteiger partial charge in [-0.25, -0.2) is 0 Å². The van der Waals surface area contributed by atoms with Crippen LogP contribution >= 0.6 is 0 Å². The van der Waals surface area contributed by atoms with E-state index >= 15 is 0 Å². The monoisotopic (exact) mass is 231 g/mol. The summed E-state index contributed by atoms with van der Waals surface area (Å²) in [5.41, 5.74) is 1.22. The van der Waals surface area contributed by atoms with E-state index in [2.05, 4.69) is 17.0 Å². The zero-order chi connectivity index (χ0) is 11.8. The van der Waals surface area contributed by atoms with Crippen molar-refractivity contribution in [2.24, 2.45) is 5.92 Å². The van der Waals surface area contributed by atoms with E-state index in [1.807, 2.05) is 12.1 Å². The molecule has 0 unspecified atom stereocenters. The van der Waals surface area contributed by atoms with Crippen molar-refractivity contribution in [3.8, 4) is 5.75 Å². The van der Waals surface area contributed by atoms with Gasteiger partial charge in [-0.05, 0) is 37.1 Å². The van der Waals surface area contributed by atoms with Gasteiger partial charge in [-0.3, -0.25) is 4.79 Å². The zero-order valence-electron chi connectivity index (χ0n) is 10.1. The standard InChI is InChI=1S/C14H17NO2/c1-17-13-6-4-11(5-7-13)15-9-10-2-3-12(15)8-14(10)16/h4-7,10,12H,2-3,8-9H2,1H3/t10-,12-/m0/s1. The molecule has 4 rings (SSSR count). The number of carbonyl (C=O) groups is 1. The predicted molar refractivity (Wildman–Crippen MR) is 66.5 cm³/mol. The smallest absolute Gasteiger partial charge is 0.139 e. The van der Waals surface area contributed by atoms with E-state index in [-0.39, 0.29) is 5.92 Å². The van der Waals surface area contributed by atoms with Crippen molar-refractivity contribution in [2.75, 3.05) is 18.6 Å². The first-order valence-corrected chi connectivity index (χ1v) is 6.21. The van der Waals surface area contributed by atoms with Crippen LogP contribution < -0.4 is 9.64 Å². The van der Waals surface area contributed by atoms with Crippen LogP contribution in [0.5, 0.6) is 5.75 Å². The van der Waals surface area contributed by atoms with Crippen LogP contribution in [-0.2, 0) is 4.79 Å². The summed E-state index contributed by atoms with van der Waals surface area (Å²) in [6, 6.07) is 8.56. The number of hydrogen-bond acceptors (Lipinski definition) is 3. The first kappa shape index (κ1) is 10.6. The Morgan fingerprint density at radius 2 is 2.00 bits per heavy atom. The maximum atomic E-state index is 11.7. The van der Waals surface area contributed by atoms with Crippen LogP contribution in [0, 0.1) is 5.92 Å². The van der Waals surface area contributed by atoms with Crippen LogP contribution in [0.3, 0.4) is 0 Å². The fraction of sp³-hybridized carbons (Fsp3) is 0.500. The second-order valence-corrected chi connectivity index (χ2v) is 4.95. The number of ether oxygens (including phenoxy) is 1. The van der Waals surface area contributed by atoms with Crippen molar-refractivity contribution in [1.29, 1.82) is 0 Å². The largest absolute Gasteiger partial charge is 0.497 e. The molecule has 17 heavy (non-hydrogen) atoms. The Kier molecular flexibility index (Phi) is 2.54. The molecular formula is C14H17NO2. The number of benzene rings is 1. The minimum atomic E-state index is 0.266. The maximum Gasteiger partial charge on any atom is 0.139 e. The van der Waals surface area contributed by atoms with Crippen LogP contribution in [0.4, 0.5) is 5.69 Å². The average Bonchev–Trinajstić information content (AvgIpc) is 2.39. The highest BCUT2D eigenvalue weighted by atomic mass is 16.5. The molecule has 2 saturated heterocycles. The first-order chi connectivity index (χ1) is 8.28. The number of anilines is 1. The minimum absolute atomic E-state index is 0.266. The Morgan fingerprint density at radius 3 is 2.53 bits per heavy atom. The Hall–Kier alpha value is -1.51. The van der Waals surface area contributed by atoms with Gasteiger partial charge in [0.2, 0.25) is 0 Å². The van der Waals surface area contributed by atoms with Crippen molar-refractivity contribution in [1.82, 2.24) is 0 Å². The molecule has 2 aliphatic heterocycles. The van der Waals surface area contributed by atoms with Gasteiger partial charge < -0.3 is 9.64 Å². The van der Waals surface area contributed by atoms with Crippen molar-refractivity contribution in [2.45, 2.75) is 25.3 Å².